The molecule has 4 aromatic rings. The highest BCUT2D eigenvalue weighted by molar-refractivity contribution is 6.02. The van der Waals surface area contributed by atoms with Crippen molar-refractivity contribution in [3.05, 3.63) is 58.1 Å². The van der Waals surface area contributed by atoms with Crippen LogP contribution < -0.4 is 15.6 Å². The molecule has 10 heteroatoms. The summed E-state index contributed by atoms with van der Waals surface area (Å²) in [5.41, 5.74) is -0.0208. The summed E-state index contributed by atoms with van der Waals surface area (Å²) in [6.07, 6.45) is 3.16. The number of fused-ring (bicyclic) bond motifs is 1. The third-order valence-corrected chi connectivity index (χ3v) is 4.96. The third kappa shape index (κ3) is 3.65. The van der Waals surface area contributed by atoms with E-state index < -0.39 is 5.60 Å². The number of rotatable bonds is 5. The lowest BCUT2D eigenvalue weighted by Gasteiger charge is -2.11. The van der Waals surface area contributed by atoms with Crippen molar-refractivity contribution in [2.45, 2.75) is 26.4 Å². The summed E-state index contributed by atoms with van der Waals surface area (Å²) in [6, 6.07) is 5.18. The maximum atomic E-state index is 12.7. The van der Waals surface area contributed by atoms with Crippen LogP contribution in [0.25, 0.3) is 22.2 Å². The molecule has 0 saturated carbocycles. The Bertz CT molecular complexity index is 1390. The van der Waals surface area contributed by atoms with E-state index in [0.29, 0.717) is 16.8 Å². The first-order valence-electron chi connectivity index (χ1n) is 9.88. The van der Waals surface area contributed by atoms with Gasteiger partial charge in [0.25, 0.3) is 17.3 Å². The summed E-state index contributed by atoms with van der Waals surface area (Å²) in [5.74, 6) is 0.247. The van der Waals surface area contributed by atoms with Gasteiger partial charge in [0.2, 0.25) is 17.5 Å². The van der Waals surface area contributed by atoms with Crippen molar-refractivity contribution >= 4 is 16.8 Å². The van der Waals surface area contributed by atoms with Gasteiger partial charge < -0.3 is 29.1 Å². The number of ether oxygens (including phenoxy) is 1. The van der Waals surface area contributed by atoms with Crippen LogP contribution in [0, 0.1) is 6.92 Å². The van der Waals surface area contributed by atoms with Gasteiger partial charge in [0.15, 0.2) is 0 Å². The minimum Gasteiger partial charge on any atom is -0.433 e. The molecular weight excluding hydrogens is 414 g/mol. The molecule has 4 heterocycles. The molecule has 3 N–H and O–H groups in total. The molecule has 0 fully saturated rings. The molecule has 0 radical (unpaired) electrons. The van der Waals surface area contributed by atoms with E-state index in [1.165, 1.54) is 25.5 Å². The Morgan fingerprint density at radius 3 is 2.75 bits per heavy atom. The fraction of sp³-hybridized carbons (Fsp3) is 0.273. The Labute approximate surface area is 182 Å². The second-order valence-corrected chi connectivity index (χ2v) is 7.95. The molecule has 0 atom stereocenters. The zero-order valence-electron chi connectivity index (χ0n) is 18.3. The highest BCUT2D eigenvalue weighted by atomic mass is 16.5. The topological polar surface area (TPSA) is 135 Å². The van der Waals surface area contributed by atoms with Crippen LogP contribution in [-0.4, -0.2) is 37.6 Å². The van der Waals surface area contributed by atoms with Crippen LogP contribution in [0.2, 0.25) is 0 Å². The SMILES string of the molecule is CNC(=O)c1cc2c(-c3oc(C(C)(C)O)nc3Oc3ncccc3C)cn(C)c(=O)c2[nH]1. The molecule has 0 saturated heterocycles. The first-order chi connectivity index (χ1) is 15.1. The Hall–Kier alpha value is -3.92. The fourth-order valence-corrected chi connectivity index (χ4v) is 3.25. The lowest BCUT2D eigenvalue weighted by molar-refractivity contribution is 0.0489. The minimum atomic E-state index is -1.39. The number of H-pyrrole nitrogens is 1. The minimum absolute atomic E-state index is 0.0279. The second-order valence-electron chi connectivity index (χ2n) is 7.95. The van der Waals surface area contributed by atoms with Gasteiger partial charge >= 0.3 is 0 Å². The van der Waals surface area contributed by atoms with Gasteiger partial charge in [-0.2, -0.15) is 4.98 Å². The quantitative estimate of drug-likeness (QED) is 0.437. The Morgan fingerprint density at radius 1 is 1.34 bits per heavy atom. The number of pyridine rings is 2. The van der Waals surface area contributed by atoms with Gasteiger partial charge in [0.05, 0.1) is 0 Å². The molecule has 0 bridgehead atoms. The standard InChI is InChI=1S/C22H23N5O5/c1-11-7-6-8-24-18(11)32-19-16(31-21(26-19)22(2,3)30)13-10-27(5)20(29)15-12(13)9-14(25-15)17(28)23-4/h6-10,25,30H,1-5H3,(H,23,28). The number of aliphatic hydroxyl groups is 1. The van der Waals surface area contributed by atoms with Gasteiger partial charge in [-0.1, -0.05) is 6.07 Å². The number of hydrogen-bond acceptors (Lipinski definition) is 7. The third-order valence-electron chi connectivity index (χ3n) is 4.96. The summed E-state index contributed by atoms with van der Waals surface area (Å²) in [6.45, 7) is 4.91. The van der Waals surface area contributed by atoms with Crippen LogP contribution in [-0.2, 0) is 12.6 Å². The summed E-state index contributed by atoms with van der Waals surface area (Å²) in [7, 11) is 3.09. The van der Waals surface area contributed by atoms with Crippen molar-refractivity contribution in [1.82, 2.24) is 24.8 Å². The zero-order chi connectivity index (χ0) is 23.2. The number of aryl methyl sites for hydroxylation is 2. The van der Waals surface area contributed by atoms with Gasteiger partial charge in [0, 0.05) is 43.0 Å². The predicted molar refractivity (Wildman–Crippen MR) is 117 cm³/mol. The number of nitrogens with zero attached hydrogens (tertiary/aromatic N) is 3. The van der Waals surface area contributed by atoms with E-state index in [4.69, 9.17) is 9.15 Å². The van der Waals surface area contributed by atoms with Crippen molar-refractivity contribution in [2.75, 3.05) is 7.05 Å². The normalized spacial score (nSPS) is 11.7. The molecule has 10 nitrogen and oxygen atoms in total. The lowest BCUT2D eigenvalue weighted by Crippen LogP contribution is -2.19. The summed E-state index contributed by atoms with van der Waals surface area (Å²) < 4.78 is 13.3. The molecule has 1 amide bonds. The number of aromatic amines is 1. The molecule has 166 valence electrons. The number of carbonyl (C=O) groups excluding carboxylic acids is 1. The molecule has 0 aromatic carbocycles. The van der Waals surface area contributed by atoms with Gasteiger partial charge in [-0.05, 0) is 32.9 Å². The second kappa shape index (κ2) is 7.65. The number of nitrogens with one attached hydrogen (secondary N) is 2. The van der Waals surface area contributed by atoms with E-state index in [9.17, 15) is 14.7 Å². The molecule has 0 aliphatic carbocycles. The summed E-state index contributed by atoms with van der Waals surface area (Å²) in [5, 5.41) is 13.5. The van der Waals surface area contributed by atoms with Crippen LogP contribution >= 0.6 is 0 Å². The molecule has 4 aromatic heterocycles. The van der Waals surface area contributed by atoms with E-state index in [2.05, 4.69) is 20.3 Å². The first-order valence-corrected chi connectivity index (χ1v) is 9.88. The number of amides is 1. The van der Waals surface area contributed by atoms with Crippen molar-refractivity contribution in [1.29, 1.82) is 0 Å². The van der Waals surface area contributed by atoms with E-state index >= 15 is 0 Å². The average Bonchev–Trinajstić information content (AvgIpc) is 3.37. The van der Waals surface area contributed by atoms with Gasteiger partial charge in [-0.25, -0.2) is 4.98 Å². The molecule has 0 aliphatic rings. The smallest absolute Gasteiger partial charge is 0.274 e. The number of carbonyl (C=O) groups is 1. The summed E-state index contributed by atoms with van der Waals surface area (Å²) >= 11 is 0. The fourth-order valence-electron chi connectivity index (χ4n) is 3.25. The van der Waals surface area contributed by atoms with Crippen LogP contribution in [0.1, 0.15) is 35.8 Å². The Balaban J connectivity index is 1.98. The van der Waals surface area contributed by atoms with Gasteiger partial charge in [0.1, 0.15) is 16.8 Å². The number of oxazole rings is 1. The monoisotopic (exact) mass is 437 g/mol. The van der Waals surface area contributed by atoms with Crippen molar-refractivity contribution in [2.24, 2.45) is 7.05 Å². The maximum Gasteiger partial charge on any atom is 0.274 e. The van der Waals surface area contributed by atoms with E-state index in [1.54, 1.807) is 31.6 Å². The van der Waals surface area contributed by atoms with Crippen LogP contribution in [0.15, 0.2) is 39.8 Å². The Morgan fingerprint density at radius 2 is 2.09 bits per heavy atom. The average molecular weight is 437 g/mol. The molecule has 0 spiro atoms. The van der Waals surface area contributed by atoms with Crippen LogP contribution in [0.4, 0.5) is 0 Å². The summed E-state index contributed by atoms with van der Waals surface area (Å²) in [4.78, 5) is 36.3. The van der Waals surface area contributed by atoms with E-state index in [0.717, 1.165) is 5.56 Å². The molecule has 32 heavy (non-hydrogen) atoms. The van der Waals surface area contributed by atoms with Gasteiger partial charge in [-0.15, -0.1) is 0 Å². The highest BCUT2D eigenvalue weighted by Gasteiger charge is 2.29. The van der Waals surface area contributed by atoms with E-state index in [-0.39, 0.29) is 40.2 Å². The van der Waals surface area contributed by atoms with Crippen molar-refractivity contribution in [3.8, 4) is 23.1 Å². The first kappa shape index (κ1) is 21.3. The van der Waals surface area contributed by atoms with Crippen molar-refractivity contribution in [3.63, 3.8) is 0 Å². The zero-order valence-corrected chi connectivity index (χ0v) is 18.3. The highest BCUT2D eigenvalue weighted by Crippen LogP contribution is 2.39. The number of aromatic nitrogens is 4. The lowest BCUT2D eigenvalue weighted by atomic mass is 10.1. The van der Waals surface area contributed by atoms with Crippen molar-refractivity contribution < 1.29 is 19.1 Å². The predicted octanol–water partition coefficient (Wildman–Crippen LogP) is 2.60. The van der Waals surface area contributed by atoms with Gasteiger partial charge in [-0.3, -0.25) is 9.59 Å². The molecular formula is C22H23N5O5. The van der Waals surface area contributed by atoms with Crippen LogP contribution in [0.5, 0.6) is 11.8 Å². The largest absolute Gasteiger partial charge is 0.433 e. The number of hydrogen-bond donors (Lipinski definition) is 3. The van der Waals surface area contributed by atoms with E-state index in [1.807, 2.05) is 13.0 Å². The maximum absolute atomic E-state index is 12.7. The molecule has 4 rings (SSSR count). The molecule has 0 aliphatic heterocycles. The Kier molecular flexibility index (Phi) is 5.09. The molecule has 0 unspecified atom stereocenters. The van der Waals surface area contributed by atoms with Crippen LogP contribution in [0.3, 0.4) is 0 Å².